The molecule has 16 rings (SSSR count). The van der Waals surface area contributed by atoms with E-state index in [2.05, 4.69) is 289 Å². The van der Waals surface area contributed by atoms with E-state index in [1.54, 1.807) is 0 Å². The van der Waals surface area contributed by atoms with E-state index in [1.807, 2.05) is 0 Å². The van der Waals surface area contributed by atoms with E-state index in [0.29, 0.717) is 11.1 Å². The number of anilines is 5. The van der Waals surface area contributed by atoms with Crippen molar-refractivity contribution in [3.05, 3.63) is 340 Å². The van der Waals surface area contributed by atoms with E-state index in [0.717, 1.165) is 63.7 Å². The Morgan fingerprint density at radius 3 is 1.04 bits per heavy atom. The van der Waals surface area contributed by atoms with Gasteiger partial charge in [-0.15, -0.1) is 0 Å². The van der Waals surface area contributed by atoms with Crippen LogP contribution in [0.5, 0.6) is 0 Å². The number of para-hydroxylation sites is 3. The van der Waals surface area contributed by atoms with Crippen molar-refractivity contribution in [3.63, 3.8) is 0 Å². The Hall–Kier alpha value is -9.83. The van der Waals surface area contributed by atoms with Gasteiger partial charge in [0, 0.05) is 45.3 Å². The lowest BCUT2D eigenvalue weighted by Crippen LogP contribution is -2.27. The van der Waals surface area contributed by atoms with Crippen LogP contribution in [0.1, 0.15) is 73.3 Å². The molecule has 366 valence electrons. The van der Waals surface area contributed by atoms with Gasteiger partial charge in [-0.2, -0.15) is 0 Å². The van der Waals surface area contributed by atoms with E-state index in [9.17, 15) is 0 Å². The van der Waals surface area contributed by atoms with Crippen LogP contribution in [0, 0.1) is 0 Å². The first-order valence-electron chi connectivity index (χ1n) is 27.3. The fraction of sp³-hybridized carbons (Fsp3) is 0.0533. The van der Waals surface area contributed by atoms with Crippen LogP contribution in [-0.4, -0.2) is 5.78 Å². The van der Waals surface area contributed by atoms with Gasteiger partial charge >= 0.3 is 0 Å². The molecule has 0 saturated heterocycles. The van der Waals surface area contributed by atoms with E-state index in [-0.39, 0.29) is 5.78 Å². The molecule has 11 aromatic rings. The van der Waals surface area contributed by atoms with Crippen LogP contribution < -0.4 is 9.80 Å². The molecular formula is C75H50N2O. The second-order valence-electron chi connectivity index (χ2n) is 21.3. The first-order valence-corrected chi connectivity index (χ1v) is 27.3. The number of nitrogens with zero attached hydrogens (tertiary/aromatic N) is 2. The van der Waals surface area contributed by atoms with Gasteiger partial charge in [-0.1, -0.05) is 200 Å². The average molecular weight is 995 g/mol. The Kier molecular flexibility index (Phi) is 9.74. The Labute approximate surface area is 455 Å². The highest BCUT2D eigenvalue weighted by atomic mass is 16.1. The van der Waals surface area contributed by atoms with E-state index >= 15 is 4.79 Å². The Bertz CT molecular complexity index is 4260. The molecular weight excluding hydrogens is 945 g/mol. The molecule has 78 heavy (non-hydrogen) atoms. The second kappa shape index (κ2) is 17.1. The van der Waals surface area contributed by atoms with Crippen LogP contribution in [-0.2, 0) is 10.8 Å². The summed E-state index contributed by atoms with van der Waals surface area (Å²) in [4.78, 5) is 20.7. The average Bonchev–Trinajstić information content (AvgIpc) is 4.39. The van der Waals surface area contributed by atoms with Crippen molar-refractivity contribution in [3.8, 4) is 44.5 Å². The van der Waals surface area contributed by atoms with Crippen molar-refractivity contribution < 1.29 is 4.79 Å². The third kappa shape index (κ3) is 6.13. The maximum atomic E-state index is 15.9. The highest BCUT2D eigenvalue weighted by molar-refractivity contribution is 6.11. The molecule has 11 aromatic carbocycles. The molecule has 0 amide bonds. The third-order valence-corrected chi connectivity index (χ3v) is 17.5. The Morgan fingerprint density at radius 1 is 0.295 bits per heavy atom. The summed E-state index contributed by atoms with van der Waals surface area (Å²) >= 11 is 0. The largest absolute Gasteiger partial charge is 0.311 e. The number of rotatable bonds is 8. The molecule has 1 atom stereocenters. The van der Waals surface area contributed by atoms with Crippen LogP contribution in [0.3, 0.4) is 0 Å². The minimum atomic E-state index is -0.794. The van der Waals surface area contributed by atoms with Crippen molar-refractivity contribution >= 4 is 34.2 Å². The summed E-state index contributed by atoms with van der Waals surface area (Å²) < 4.78 is 0. The minimum absolute atomic E-state index is 0.00364. The first kappa shape index (κ1) is 44.5. The number of hydrogen-bond donors (Lipinski definition) is 0. The molecule has 0 saturated carbocycles. The Morgan fingerprint density at radius 2 is 0.628 bits per heavy atom. The lowest BCUT2D eigenvalue weighted by molar-refractivity contribution is 0.103. The molecule has 0 bridgehead atoms. The molecule has 0 N–H and O–H groups in total. The SMILES string of the molecule is O=C(c1ccc2c(c1)C1(c3ccccc3-c3ccccc31)c1ccccc1-2)c1ccc2c(c1)C1(c3ccccc3-2)c2cc(N(C3=CCCC=C3)c3ccccc3)ccc2-c2ccc(N(c3ccccc3)c3ccccc3)cc21. The number of ketones is 1. The summed E-state index contributed by atoms with van der Waals surface area (Å²) in [5.74, 6) is 0.00364. The lowest BCUT2D eigenvalue weighted by Gasteiger charge is -2.33. The number of carbonyl (C=O) groups is 1. The molecule has 3 heteroatoms. The highest BCUT2D eigenvalue weighted by Crippen LogP contribution is 2.65. The van der Waals surface area contributed by atoms with Crippen LogP contribution in [0.4, 0.5) is 28.4 Å². The number of allylic oxidation sites excluding steroid dienone is 3. The van der Waals surface area contributed by atoms with Gasteiger partial charge in [-0.05, 0) is 181 Å². The molecule has 5 aliphatic carbocycles. The van der Waals surface area contributed by atoms with Gasteiger partial charge in [0.1, 0.15) is 0 Å². The lowest BCUT2D eigenvalue weighted by atomic mass is 9.69. The fourth-order valence-corrected chi connectivity index (χ4v) is 14.4. The summed E-state index contributed by atoms with van der Waals surface area (Å²) in [6.45, 7) is 0. The van der Waals surface area contributed by atoms with Crippen molar-refractivity contribution in [2.75, 3.05) is 9.80 Å². The highest BCUT2D eigenvalue weighted by Gasteiger charge is 2.54. The van der Waals surface area contributed by atoms with Gasteiger partial charge in [0.05, 0.1) is 10.8 Å². The number of hydrogen-bond acceptors (Lipinski definition) is 3. The quantitative estimate of drug-likeness (QED) is 0.142. The third-order valence-electron chi connectivity index (χ3n) is 17.5. The molecule has 0 radical (unpaired) electrons. The van der Waals surface area contributed by atoms with E-state index in [1.165, 1.54) is 72.3 Å². The molecule has 0 aliphatic heterocycles. The normalized spacial score (nSPS) is 15.8. The molecule has 0 fully saturated rings. The van der Waals surface area contributed by atoms with Crippen LogP contribution in [0.15, 0.2) is 285 Å². The number of fused-ring (bicyclic) bond motifs is 20. The van der Waals surface area contributed by atoms with Gasteiger partial charge in [-0.25, -0.2) is 0 Å². The van der Waals surface area contributed by atoms with Crippen LogP contribution in [0.25, 0.3) is 44.5 Å². The predicted octanol–water partition coefficient (Wildman–Crippen LogP) is 18.4. The van der Waals surface area contributed by atoms with Gasteiger partial charge in [0.25, 0.3) is 0 Å². The monoisotopic (exact) mass is 994 g/mol. The molecule has 3 nitrogen and oxygen atoms in total. The van der Waals surface area contributed by atoms with Crippen molar-refractivity contribution in [2.45, 2.75) is 23.7 Å². The summed E-state index contributed by atoms with van der Waals surface area (Å²) in [6, 6.07) is 94.8. The fourth-order valence-electron chi connectivity index (χ4n) is 14.4. The first-order chi connectivity index (χ1) is 38.6. The van der Waals surface area contributed by atoms with E-state index < -0.39 is 10.8 Å². The summed E-state index contributed by atoms with van der Waals surface area (Å²) in [7, 11) is 0. The van der Waals surface area contributed by atoms with Gasteiger partial charge in [-0.3, -0.25) is 4.79 Å². The second-order valence-corrected chi connectivity index (χ2v) is 21.3. The van der Waals surface area contributed by atoms with Gasteiger partial charge in [0.15, 0.2) is 5.78 Å². The van der Waals surface area contributed by atoms with E-state index in [4.69, 9.17) is 0 Å². The molecule has 1 unspecified atom stereocenters. The maximum absolute atomic E-state index is 15.9. The zero-order valence-corrected chi connectivity index (χ0v) is 42.8. The van der Waals surface area contributed by atoms with Crippen molar-refractivity contribution in [2.24, 2.45) is 0 Å². The summed E-state index contributed by atoms with van der Waals surface area (Å²) in [5.41, 5.74) is 25.8. The minimum Gasteiger partial charge on any atom is -0.311 e. The van der Waals surface area contributed by atoms with Crippen molar-refractivity contribution in [1.29, 1.82) is 0 Å². The number of carbonyl (C=O) groups excluding carboxylic acids is 1. The molecule has 5 aliphatic rings. The maximum Gasteiger partial charge on any atom is 0.193 e. The zero-order valence-electron chi connectivity index (χ0n) is 42.8. The zero-order chi connectivity index (χ0) is 51.5. The topological polar surface area (TPSA) is 23.6 Å². The standard InChI is InChI=1S/C75H50N2O/c78-73(49-37-41-61-59-31-15-19-35-67(59)74(69(61)45-49)65-33-17-13-29-57(65)58-30-14-18-34-66(58)74)50-38-42-62-60-32-16-20-36-68(60)75(70(62)46-50)71-47-55(76(51-21-5-1-6-22-51)52-23-7-2-8-24-52)39-43-63(71)64-44-40-56(48-72(64)75)77(53-25-9-3-10-26-53)54-27-11-4-12-28-54/h1-3,5-11,13-48H,4,12H2. The van der Waals surface area contributed by atoms with Gasteiger partial charge < -0.3 is 9.80 Å². The predicted molar refractivity (Wildman–Crippen MR) is 319 cm³/mol. The molecule has 0 heterocycles. The van der Waals surface area contributed by atoms with Crippen LogP contribution >= 0.6 is 0 Å². The van der Waals surface area contributed by atoms with Crippen LogP contribution in [0.2, 0.25) is 0 Å². The Balaban J connectivity index is 0.924. The molecule has 0 aromatic heterocycles. The smallest absolute Gasteiger partial charge is 0.193 e. The van der Waals surface area contributed by atoms with Gasteiger partial charge in [0.2, 0.25) is 0 Å². The molecule has 2 spiro atoms. The number of benzene rings is 11. The van der Waals surface area contributed by atoms with Crippen molar-refractivity contribution in [1.82, 2.24) is 0 Å². The summed E-state index contributed by atoms with van der Waals surface area (Å²) in [6.07, 6.45) is 8.92. The summed E-state index contributed by atoms with van der Waals surface area (Å²) in [5, 5.41) is 0.